The first-order chi connectivity index (χ1) is 8.95. The molecule has 0 radical (unpaired) electrons. The second kappa shape index (κ2) is 5.52. The first kappa shape index (κ1) is 14.4. The van der Waals surface area contributed by atoms with Crippen molar-refractivity contribution in [2.24, 2.45) is 11.7 Å². The van der Waals surface area contributed by atoms with Crippen molar-refractivity contribution < 1.29 is 17.2 Å². The number of nitrogens with one attached hydrogen (secondary N) is 1. The molecule has 0 aliphatic heterocycles. The Morgan fingerprint density at radius 2 is 2.05 bits per heavy atom. The lowest BCUT2D eigenvalue weighted by molar-refractivity contribution is 0.446. The van der Waals surface area contributed by atoms with Crippen molar-refractivity contribution in [2.45, 2.75) is 30.2 Å². The van der Waals surface area contributed by atoms with Crippen LogP contribution in [0.1, 0.15) is 19.3 Å². The predicted octanol–water partition coefficient (Wildman–Crippen LogP) is 1.37. The quantitative estimate of drug-likeness (QED) is 0.879. The molecule has 0 unspecified atom stereocenters. The van der Waals surface area contributed by atoms with Crippen LogP contribution in [0.2, 0.25) is 0 Å². The number of rotatable bonds is 4. The average molecular weight is 290 g/mol. The van der Waals surface area contributed by atoms with Gasteiger partial charge in [-0.2, -0.15) is 0 Å². The Labute approximate surface area is 111 Å². The lowest BCUT2D eigenvalue weighted by atomic mass is 10.1. The molecule has 0 heterocycles. The van der Waals surface area contributed by atoms with Crippen LogP contribution in [0, 0.1) is 17.6 Å². The van der Waals surface area contributed by atoms with Gasteiger partial charge in [-0.25, -0.2) is 21.9 Å². The lowest BCUT2D eigenvalue weighted by Crippen LogP contribution is -2.40. The number of hydrogen-bond donors (Lipinski definition) is 2. The topological polar surface area (TPSA) is 72.2 Å². The molecule has 4 nitrogen and oxygen atoms in total. The summed E-state index contributed by atoms with van der Waals surface area (Å²) in [5, 5.41) is 0. The lowest BCUT2D eigenvalue weighted by Gasteiger charge is -2.19. The number of halogens is 2. The summed E-state index contributed by atoms with van der Waals surface area (Å²) >= 11 is 0. The van der Waals surface area contributed by atoms with E-state index in [1.165, 1.54) is 6.07 Å². The van der Waals surface area contributed by atoms with Crippen LogP contribution in [0.15, 0.2) is 23.1 Å². The molecular weight excluding hydrogens is 274 g/mol. The van der Waals surface area contributed by atoms with Crippen molar-refractivity contribution in [3.63, 3.8) is 0 Å². The second-order valence-electron chi connectivity index (χ2n) is 4.71. The van der Waals surface area contributed by atoms with Crippen molar-refractivity contribution in [1.29, 1.82) is 0 Å². The minimum Gasteiger partial charge on any atom is -0.330 e. The molecule has 3 N–H and O–H groups in total. The van der Waals surface area contributed by atoms with E-state index in [0.29, 0.717) is 13.0 Å². The Morgan fingerprint density at radius 1 is 1.32 bits per heavy atom. The maximum absolute atomic E-state index is 13.5. The molecule has 0 amide bonds. The number of benzene rings is 1. The molecule has 1 aliphatic carbocycles. The summed E-state index contributed by atoms with van der Waals surface area (Å²) in [4.78, 5) is -0.657. The van der Waals surface area contributed by atoms with E-state index < -0.39 is 26.6 Å². The van der Waals surface area contributed by atoms with Gasteiger partial charge in [0.2, 0.25) is 10.0 Å². The molecule has 1 fully saturated rings. The molecule has 0 bridgehead atoms. The largest absolute Gasteiger partial charge is 0.330 e. The van der Waals surface area contributed by atoms with Gasteiger partial charge >= 0.3 is 0 Å². The monoisotopic (exact) mass is 290 g/mol. The predicted molar refractivity (Wildman–Crippen MR) is 66.9 cm³/mol. The first-order valence-electron chi connectivity index (χ1n) is 6.12. The van der Waals surface area contributed by atoms with Crippen LogP contribution in [-0.2, 0) is 10.0 Å². The van der Waals surface area contributed by atoms with Gasteiger partial charge < -0.3 is 5.73 Å². The summed E-state index contributed by atoms with van der Waals surface area (Å²) in [7, 11) is -4.06. The van der Waals surface area contributed by atoms with Crippen molar-refractivity contribution in [3.05, 3.63) is 29.8 Å². The first-order valence-corrected chi connectivity index (χ1v) is 7.60. The Hall–Kier alpha value is -1.05. The van der Waals surface area contributed by atoms with Crippen LogP contribution >= 0.6 is 0 Å². The zero-order valence-corrected chi connectivity index (χ0v) is 11.1. The summed E-state index contributed by atoms with van der Waals surface area (Å²) in [6.07, 6.45) is 2.38. The molecule has 1 aliphatic rings. The van der Waals surface area contributed by atoms with Gasteiger partial charge in [-0.15, -0.1) is 0 Å². The highest BCUT2D eigenvalue weighted by molar-refractivity contribution is 7.89. The SMILES string of the molecule is NC[C@H]1CCC[C@H]1NS(=O)(=O)c1cccc(F)c1F. The van der Waals surface area contributed by atoms with E-state index in [0.717, 1.165) is 25.0 Å². The van der Waals surface area contributed by atoms with Gasteiger partial charge in [-0.1, -0.05) is 12.5 Å². The van der Waals surface area contributed by atoms with Gasteiger partial charge in [0.05, 0.1) is 0 Å². The normalized spacial score (nSPS) is 23.7. The van der Waals surface area contributed by atoms with Gasteiger partial charge in [0.25, 0.3) is 0 Å². The number of sulfonamides is 1. The highest BCUT2D eigenvalue weighted by Crippen LogP contribution is 2.27. The molecule has 106 valence electrons. The summed E-state index contributed by atoms with van der Waals surface area (Å²) in [5.41, 5.74) is 5.57. The van der Waals surface area contributed by atoms with Crippen molar-refractivity contribution in [1.82, 2.24) is 4.72 Å². The van der Waals surface area contributed by atoms with Crippen LogP contribution in [0.4, 0.5) is 8.78 Å². The van der Waals surface area contributed by atoms with Crippen molar-refractivity contribution in [2.75, 3.05) is 6.54 Å². The highest BCUT2D eigenvalue weighted by atomic mass is 32.2. The summed E-state index contributed by atoms with van der Waals surface area (Å²) < 4.78 is 53.2. The standard InChI is InChI=1S/C12H16F2N2O2S/c13-9-4-2-6-11(12(9)14)19(17,18)16-10-5-1-3-8(10)7-15/h2,4,6,8,10,16H,1,3,5,7,15H2/t8-,10-/m1/s1. The Morgan fingerprint density at radius 3 is 2.74 bits per heavy atom. The molecule has 0 saturated heterocycles. The van der Waals surface area contributed by atoms with E-state index in [1.807, 2.05) is 0 Å². The molecule has 2 atom stereocenters. The third kappa shape index (κ3) is 2.93. The molecule has 1 saturated carbocycles. The molecule has 0 aromatic heterocycles. The van der Waals surface area contributed by atoms with E-state index in [-0.39, 0.29) is 12.0 Å². The molecular formula is C12H16F2N2O2S. The Bertz CT molecular complexity index is 563. The Balaban J connectivity index is 2.25. The van der Waals surface area contributed by atoms with E-state index in [4.69, 9.17) is 5.73 Å². The van der Waals surface area contributed by atoms with Gasteiger partial charge in [-0.05, 0) is 37.4 Å². The van der Waals surface area contributed by atoms with Gasteiger partial charge in [0.1, 0.15) is 4.90 Å². The molecule has 19 heavy (non-hydrogen) atoms. The number of hydrogen-bond acceptors (Lipinski definition) is 3. The second-order valence-corrected chi connectivity index (χ2v) is 6.39. The van der Waals surface area contributed by atoms with Crippen LogP contribution < -0.4 is 10.5 Å². The summed E-state index contributed by atoms with van der Waals surface area (Å²) in [6.45, 7) is 0.374. The van der Waals surface area contributed by atoms with E-state index in [2.05, 4.69) is 4.72 Å². The molecule has 1 aromatic rings. The third-order valence-electron chi connectivity index (χ3n) is 3.47. The summed E-state index contributed by atoms with van der Waals surface area (Å²) in [6, 6.07) is 2.79. The van der Waals surface area contributed by atoms with Gasteiger partial charge in [-0.3, -0.25) is 0 Å². The van der Waals surface area contributed by atoms with Crippen molar-refractivity contribution in [3.8, 4) is 0 Å². The fourth-order valence-corrected chi connectivity index (χ4v) is 3.86. The smallest absolute Gasteiger partial charge is 0.243 e. The van der Waals surface area contributed by atoms with Gasteiger partial charge in [0, 0.05) is 6.04 Å². The van der Waals surface area contributed by atoms with E-state index in [9.17, 15) is 17.2 Å². The maximum Gasteiger partial charge on any atom is 0.243 e. The molecule has 0 spiro atoms. The average Bonchev–Trinajstić information content (AvgIpc) is 2.78. The minimum atomic E-state index is -4.06. The minimum absolute atomic E-state index is 0.0476. The molecule has 2 rings (SSSR count). The van der Waals surface area contributed by atoms with Crippen molar-refractivity contribution >= 4 is 10.0 Å². The number of nitrogens with two attached hydrogens (primary N) is 1. The fraction of sp³-hybridized carbons (Fsp3) is 0.500. The highest BCUT2D eigenvalue weighted by Gasteiger charge is 2.31. The van der Waals surface area contributed by atoms with Gasteiger partial charge in [0.15, 0.2) is 11.6 Å². The van der Waals surface area contributed by atoms with E-state index in [1.54, 1.807) is 0 Å². The van der Waals surface area contributed by atoms with Crippen LogP contribution in [0.3, 0.4) is 0 Å². The Kier molecular flexibility index (Phi) is 4.17. The zero-order chi connectivity index (χ0) is 14.0. The third-order valence-corrected chi connectivity index (χ3v) is 4.98. The van der Waals surface area contributed by atoms with E-state index >= 15 is 0 Å². The van der Waals surface area contributed by atoms with Crippen LogP contribution in [0.5, 0.6) is 0 Å². The molecule has 1 aromatic carbocycles. The van der Waals surface area contributed by atoms with Crippen LogP contribution in [-0.4, -0.2) is 21.0 Å². The zero-order valence-electron chi connectivity index (χ0n) is 10.3. The van der Waals surface area contributed by atoms with Crippen LogP contribution in [0.25, 0.3) is 0 Å². The summed E-state index contributed by atoms with van der Waals surface area (Å²) in [5.74, 6) is -2.48. The fourth-order valence-electron chi connectivity index (χ4n) is 2.43. The maximum atomic E-state index is 13.5. The molecule has 7 heteroatoms.